The number of fused-ring (bicyclic) bond motifs is 1. The predicted octanol–water partition coefficient (Wildman–Crippen LogP) is -0.303. The number of aromatic nitrogens is 1. The molecule has 0 unspecified atom stereocenters. The highest BCUT2D eigenvalue weighted by Crippen LogP contribution is 2.49. The molecule has 1 aromatic heterocycles. The van der Waals surface area contributed by atoms with Crippen LogP contribution in [-0.4, -0.2) is 96.1 Å². The van der Waals surface area contributed by atoms with E-state index in [4.69, 9.17) is 9.47 Å². The van der Waals surface area contributed by atoms with Crippen molar-refractivity contribution in [1.29, 1.82) is 0 Å². The van der Waals surface area contributed by atoms with Crippen LogP contribution in [0.4, 0.5) is 15.0 Å². The first-order valence-electron chi connectivity index (χ1n) is 9.84. The van der Waals surface area contributed by atoms with Crippen LogP contribution in [0.15, 0.2) is 18.3 Å². The molecule has 2 bridgehead atoms. The van der Waals surface area contributed by atoms with Crippen LogP contribution in [0.2, 0.25) is 0 Å². The molecule has 4 saturated heterocycles. The van der Waals surface area contributed by atoms with E-state index < -0.39 is 17.5 Å². The van der Waals surface area contributed by atoms with Gasteiger partial charge in [-0.25, -0.2) is 14.2 Å². The third-order valence-corrected chi connectivity index (χ3v) is 6.56. The lowest BCUT2D eigenvalue weighted by atomic mass is 9.83. The minimum atomic E-state index is -0.679. The van der Waals surface area contributed by atoms with Crippen LogP contribution in [-0.2, 0) is 14.3 Å². The number of ether oxygens (including phenoxy) is 2. The summed E-state index contributed by atoms with van der Waals surface area (Å²) in [5.41, 5.74) is -0.679. The highest BCUT2D eigenvalue weighted by Gasteiger charge is 2.63. The Kier molecular flexibility index (Phi) is 4.36. The molecule has 9 nitrogen and oxygen atoms in total. The topological polar surface area (TPSA) is 95.4 Å². The van der Waals surface area contributed by atoms with Crippen molar-refractivity contribution in [2.45, 2.75) is 11.7 Å². The number of halogens is 1. The van der Waals surface area contributed by atoms with Crippen molar-refractivity contribution in [3.63, 3.8) is 0 Å². The third-order valence-electron chi connectivity index (χ3n) is 6.56. The first-order chi connectivity index (χ1) is 14.0. The van der Waals surface area contributed by atoms with E-state index in [1.165, 1.54) is 11.0 Å². The van der Waals surface area contributed by atoms with Gasteiger partial charge in [-0.1, -0.05) is 0 Å². The smallest absolute Gasteiger partial charge is 0.410 e. The number of cyclic esters (lactones) is 1. The second kappa shape index (κ2) is 6.81. The Morgan fingerprint density at radius 1 is 1.38 bits per heavy atom. The number of morpholine rings is 1. The first-order valence-corrected chi connectivity index (χ1v) is 9.84. The lowest BCUT2D eigenvalue weighted by Gasteiger charge is -2.40. The number of carbonyl (C=O) groups excluding carboxylic acids is 2. The largest absolute Gasteiger partial charge is 0.448 e. The molecule has 5 heterocycles. The Morgan fingerprint density at radius 2 is 2.24 bits per heavy atom. The van der Waals surface area contributed by atoms with Gasteiger partial charge in [-0.05, 0) is 12.1 Å². The highest BCUT2D eigenvalue weighted by atomic mass is 19.1. The second-order valence-corrected chi connectivity index (χ2v) is 8.17. The Labute approximate surface area is 167 Å². The van der Waals surface area contributed by atoms with E-state index in [1.54, 1.807) is 17.2 Å². The zero-order valence-electron chi connectivity index (χ0n) is 15.9. The number of anilines is 1. The minimum Gasteiger partial charge on any atom is -0.448 e. The Bertz CT molecular complexity index is 841. The lowest BCUT2D eigenvalue weighted by molar-refractivity contribution is -0.152. The molecule has 10 heteroatoms. The van der Waals surface area contributed by atoms with Gasteiger partial charge in [-0.2, -0.15) is 0 Å². The van der Waals surface area contributed by atoms with E-state index in [1.807, 2.05) is 4.90 Å². The molecule has 2 amide bonds. The van der Waals surface area contributed by atoms with E-state index in [0.29, 0.717) is 39.3 Å². The van der Waals surface area contributed by atoms with E-state index in [2.05, 4.69) is 4.98 Å². The fourth-order valence-corrected chi connectivity index (χ4v) is 5.23. The molecule has 0 radical (unpaired) electrons. The molecule has 0 aliphatic carbocycles. The predicted molar refractivity (Wildman–Crippen MR) is 97.6 cm³/mol. The minimum absolute atomic E-state index is 0.0331. The fourth-order valence-electron chi connectivity index (χ4n) is 5.23. The van der Waals surface area contributed by atoms with Gasteiger partial charge in [0.1, 0.15) is 18.8 Å². The molecule has 5 rings (SSSR count). The summed E-state index contributed by atoms with van der Waals surface area (Å²) in [6, 6.07) is 2.91. The van der Waals surface area contributed by atoms with Crippen LogP contribution >= 0.6 is 0 Å². The van der Waals surface area contributed by atoms with Gasteiger partial charge in [0.2, 0.25) is 5.91 Å². The van der Waals surface area contributed by atoms with Crippen molar-refractivity contribution in [3.05, 3.63) is 24.1 Å². The Balaban J connectivity index is 1.37. The molecule has 1 aromatic rings. The molecule has 1 spiro atoms. The van der Waals surface area contributed by atoms with Crippen LogP contribution < -0.4 is 4.90 Å². The summed E-state index contributed by atoms with van der Waals surface area (Å²) >= 11 is 0. The number of pyridine rings is 1. The number of likely N-dealkylation sites (tertiary alicyclic amines) is 1. The van der Waals surface area contributed by atoms with Crippen molar-refractivity contribution < 1.29 is 28.6 Å². The molecule has 4 fully saturated rings. The molecule has 29 heavy (non-hydrogen) atoms. The third kappa shape index (κ3) is 2.93. The quantitative estimate of drug-likeness (QED) is 0.733. The second-order valence-electron chi connectivity index (χ2n) is 8.17. The van der Waals surface area contributed by atoms with Gasteiger partial charge < -0.3 is 24.4 Å². The van der Waals surface area contributed by atoms with Crippen LogP contribution in [0.25, 0.3) is 0 Å². The van der Waals surface area contributed by atoms with E-state index >= 15 is 0 Å². The summed E-state index contributed by atoms with van der Waals surface area (Å²) in [5, 5.41) is 10.00. The van der Waals surface area contributed by atoms with Gasteiger partial charge in [0.25, 0.3) is 0 Å². The average molecular weight is 406 g/mol. The van der Waals surface area contributed by atoms with Crippen LogP contribution in [0.5, 0.6) is 0 Å². The molecule has 4 aliphatic rings. The SMILES string of the molecule is O=C(CN1CCOC1=O)N1C[C@H]2O[C@]3(C1)CN(c1ncccc1F)C[C@@H]3[C@@H]2CO. The summed E-state index contributed by atoms with van der Waals surface area (Å²) in [4.78, 5) is 33.7. The van der Waals surface area contributed by atoms with E-state index in [9.17, 15) is 19.1 Å². The molecule has 156 valence electrons. The number of amides is 2. The van der Waals surface area contributed by atoms with Crippen molar-refractivity contribution in [1.82, 2.24) is 14.8 Å². The maximum atomic E-state index is 14.3. The van der Waals surface area contributed by atoms with Crippen LogP contribution in [0.3, 0.4) is 0 Å². The molecule has 0 saturated carbocycles. The first kappa shape index (κ1) is 18.6. The highest BCUT2D eigenvalue weighted by molar-refractivity contribution is 5.83. The molecule has 4 atom stereocenters. The number of hydrogen-bond acceptors (Lipinski definition) is 7. The van der Waals surface area contributed by atoms with Gasteiger partial charge in [0, 0.05) is 37.7 Å². The zero-order chi connectivity index (χ0) is 20.2. The maximum absolute atomic E-state index is 14.3. The van der Waals surface area contributed by atoms with Crippen LogP contribution in [0.1, 0.15) is 0 Å². The molecule has 4 aliphatic heterocycles. The molecular weight excluding hydrogens is 383 g/mol. The van der Waals surface area contributed by atoms with Crippen molar-refractivity contribution >= 4 is 17.8 Å². The average Bonchev–Trinajstić information content (AvgIpc) is 3.31. The summed E-state index contributed by atoms with van der Waals surface area (Å²) in [6.45, 7) is 2.23. The Morgan fingerprint density at radius 3 is 2.97 bits per heavy atom. The summed E-state index contributed by atoms with van der Waals surface area (Å²) in [7, 11) is 0. The lowest BCUT2D eigenvalue weighted by Crippen LogP contribution is -2.57. The number of hydrogen-bond donors (Lipinski definition) is 1. The molecular formula is C19H23FN4O5. The Hall–Kier alpha value is -2.46. The van der Waals surface area contributed by atoms with Gasteiger partial charge in [0.15, 0.2) is 11.6 Å². The number of nitrogens with zero attached hydrogens (tertiary/aromatic N) is 4. The van der Waals surface area contributed by atoms with Gasteiger partial charge >= 0.3 is 6.09 Å². The van der Waals surface area contributed by atoms with Gasteiger partial charge in [-0.15, -0.1) is 0 Å². The maximum Gasteiger partial charge on any atom is 0.410 e. The monoisotopic (exact) mass is 406 g/mol. The standard InChI is InChI=1S/C19H23FN4O5/c20-14-2-1-3-21-17(14)24-6-13-12(9-25)15-7-23(10-19(13,11-24)29-15)16(26)8-22-4-5-28-18(22)27/h1-3,12-13,15,25H,4-11H2/t12-,13+,15+,19+/m0/s1. The summed E-state index contributed by atoms with van der Waals surface area (Å²) < 4.78 is 25.5. The summed E-state index contributed by atoms with van der Waals surface area (Å²) in [6.07, 6.45) is 0.795. The van der Waals surface area contributed by atoms with Crippen molar-refractivity contribution in [2.24, 2.45) is 11.8 Å². The van der Waals surface area contributed by atoms with E-state index in [-0.39, 0.29) is 42.8 Å². The zero-order valence-corrected chi connectivity index (χ0v) is 15.9. The van der Waals surface area contributed by atoms with Crippen LogP contribution in [0, 0.1) is 17.7 Å². The van der Waals surface area contributed by atoms with Gasteiger partial charge in [-0.3, -0.25) is 9.69 Å². The van der Waals surface area contributed by atoms with E-state index in [0.717, 1.165) is 0 Å². The van der Waals surface area contributed by atoms with Gasteiger partial charge in [0.05, 0.1) is 25.7 Å². The normalized spacial score (nSPS) is 33.2. The molecule has 0 aromatic carbocycles. The number of aliphatic hydroxyl groups is 1. The number of aliphatic hydroxyl groups excluding tert-OH is 1. The van der Waals surface area contributed by atoms with Crippen molar-refractivity contribution in [3.8, 4) is 0 Å². The number of rotatable bonds is 4. The molecule has 1 N–H and O–H groups in total. The fraction of sp³-hybridized carbons (Fsp3) is 0.632. The summed E-state index contributed by atoms with van der Waals surface area (Å²) in [5.74, 6) is -0.486. The number of carbonyl (C=O) groups is 2. The van der Waals surface area contributed by atoms with Crippen molar-refractivity contribution in [2.75, 3.05) is 57.4 Å².